The third kappa shape index (κ3) is 2.42. The van der Waals surface area contributed by atoms with E-state index in [9.17, 15) is 0 Å². The lowest BCUT2D eigenvalue weighted by molar-refractivity contribution is 0.811. The summed E-state index contributed by atoms with van der Waals surface area (Å²) in [6.45, 7) is 8.50. The Morgan fingerprint density at radius 2 is 1.93 bits per heavy atom. The van der Waals surface area contributed by atoms with Crippen LogP contribution in [0.1, 0.15) is 25.4 Å². The molecule has 0 aromatic carbocycles. The largest absolute Gasteiger partial charge is 0.357 e. The van der Waals surface area contributed by atoms with Crippen LogP contribution in [-0.4, -0.2) is 23.1 Å². The van der Waals surface area contributed by atoms with E-state index in [2.05, 4.69) is 28.7 Å². The van der Waals surface area contributed by atoms with Crippen LogP contribution in [0.25, 0.3) is 0 Å². The van der Waals surface area contributed by atoms with Gasteiger partial charge in [0.2, 0.25) is 0 Å². The summed E-state index contributed by atoms with van der Waals surface area (Å²) in [7, 11) is 0. The average Bonchev–Trinajstić information content (AvgIpc) is 2.19. The molecule has 1 aromatic rings. The van der Waals surface area contributed by atoms with Gasteiger partial charge < -0.3 is 10.6 Å². The summed E-state index contributed by atoms with van der Waals surface area (Å²) in [6, 6.07) is 1.99. The number of anilines is 1. The van der Waals surface area contributed by atoms with Gasteiger partial charge in [-0.2, -0.15) is 0 Å². The summed E-state index contributed by atoms with van der Waals surface area (Å²) in [6.07, 6.45) is 0. The predicted octanol–water partition coefficient (Wildman–Crippen LogP) is 1.09. The van der Waals surface area contributed by atoms with Crippen molar-refractivity contribution in [3.63, 3.8) is 0 Å². The van der Waals surface area contributed by atoms with Crippen LogP contribution in [-0.2, 0) is 6.54 Å². The van der Waals surface area contributed by atoms with Crippen molar-refractivity contribution in [2.24, 2.45) is 5.73 Å². The maximum atomic E-state index is 5.53. The molecule has 0 atom stereocenters. The zero-order valence-corrected chi connectivity index (χ0v) is 9.12. The first-order valence-electron chi connectivity index (χ1n) is 5.00. The number of nitrogens with two attached hydrogens (primary N) is 1. The molecule has 0 aliphatic rings. The highest BCUT2D eigenvalue weighted by Crippen LogP contribution is 2.11. The number of hydrogen-bond acceptors (Lipinski definition) is 4. The van der Waals surface area contributed by atoms with E-state index in [0.29, 0.717) is 12.4 Å². The second kappa shape index (κ2) is 4.91. The zero-order chi connectivity index (χ0) is 10.6. The molecule has 0 fully saturated rings. The van der Waals surface area contributed by atoms with Crippen molar-refractivity contribution in [2.45, 2.75) is 27.3 Å². The molecule has 2 N–H and O–H groups in total. The quantitative estimate of drug-likeness (QED) is 0.779. The molecule has 0 bridgehead atoms. The Labute approximate surface area is 85.2 Å². The van der Waals surface area contributed by atoms with Gasteiger partial charge in [-0.15, -0.1) is 0 Å². The molecule has 0 aliphatic heterocycles. The number of aromatic nitrogens is 2. The smallest absolute Gasteiger partial charge is 0.144 e. The fourth-order valence-corrected chi connectivity index (χ4v) is 1.41. The molecule has 78 valence electrons. The van der Waals surface area contributed by atoms with Crippen molar-refractivity contribution in [3.8, 4) is 0 Å². The maximum absolute atomic E-state index is 5.53. The van der Waals surface area contributed by atoms with Gasteiger partial charge in [-0.05, 0) is 20.8 Å². The van der Waals surface area contributed by atoms with Crippen LogP contribution < -0.4 is 10.6 Å². The van der Waals surface area contributed by atoms with E-state index in [4.69, 9.17) is 5.73 Å². The van der Waals surface area contributed by atoms with Gasteiger partial charge in [-0.3, -0.25) is 0 Å². The van der Waals surface area contributed by atoms with Crippen LogP contribution in [0.15, 0.2) is 6.07 Å². The Balaban J connectivity index is 3.01. The van der Waals surface area contributed by atoms with Crippen molar-refractivity contribution in [1.29, 1.82) is 0 Å². The van der Waals surface area contributed by atoms with Crippen LogP contribution in [0.3, 0.4) is 0 Å². The van der Waals surface area contributed by atoms with Gasteiger partial charge in [-0.1, -0.05) is 0 Å². The highest BCUT2D eigenvalue weighted by Gasteiger charge is 2.05. The minimum absolute atomic E-state index is 0.399. The van der Waals surface area contributed by atoms with E-state index in [-0.39, 0.29) is 0 Å². The third-order valence-corrected chi connectivity index (χ3v) is 2.16. The molecule has 0 aliphatic carbocycles. The summed E-state index contributed by atoms with van der Waals surface area (Å²) < 4.78 is 0. The minimum Gasteiger partial charge on any atom is -0.357 e. The Morgan fingerprint density at radius 1 is 1.29 bits per heavy atom. The SMILES string of the molecule is CCN(CC)c1cc(C)nc(CN)n1. The van der Waals surface area contributed by atoms with Crippen LogP contribution >= 0.6 is 0 Å². The van der Waals surface area contributed by atoms with Gasteiger partial charge in [-0.25, -0.2) is 9.97 Å². The molecule has 14 heavy (non-hydrogen) atoms. The van der Waals surface area contributed by atoms with Gasteiger partial charge in [0.25, 0.3) is 0 Å². The van der Waals surface area contributed by atoms with Gasteiger partial charge >= 0.3 is 0 Å². The first-order valence-corrected chi connectivity index (χ1v) is 5.00. The molecular weight excluding hydrogens is 176 g/mol. The summed E-state index contributed by atoms with van der Waals surface area (Å²) >= 11 is 0. The molecular formula is C10H18N4. The Kier molecular flexibility index (Phi) is 3.83. The highest BCUT2D eigenvalue weighted by atomic mass is 15.2. The Bertz CT molecular complexity index is 294. The van der Waals surface area contributed by atoms with E-state index in [1.54, 1.807) is 0 Å². The molecule has 0 unspecified atom stereocenters. The van der Waals surface area contributed by atoms with E-state index in [1.807, 2.05) is 13.0 Å². The fraction of sp³-hybridized carbons (Fsp3) is 0.600. The number of hydrogen-bond donors (Lipinski definition) is 1. The number of nitrogens with zero attached hydrogens (tertiary/aromatic N) is 3. The monoisotopic (exact) mass is 194 g/mol. The number of rotatable bonds is 4. The molecule has 0 amide bonds. The van der Waals surface area contributed by atoms with Crippen LogP contribution in [0, 0.1) is 6.92 Å². The standard InChI is InChI=1S/C10H18N4/c1-4-14(5-2)10-6-8(3)12-9(7-11)13-10/h6H,4-5,7,11H2,1-3H3. The Morgan fingerprint density at radius 3 is 2.43 bits per heavy atom. The summed E-state index contributed by atoms with van der Waals surface area (Å²) in [5.74, 6) is 1.69. The van der Waals surface area contributed by atoms with E-state index in [1.165, 1.54) is 0 Å². The molecule has 0 spiro atoms. The minimum atomic E-state index is 0.399. The van der Waals surface area contributed by atoms with Gasteiger partial charge in [0.15, 0.2) is 0 Å². The summed E-state index contributed by atoms with van der Waals surface area (Å²) in [5.41, 5.74) is 6.50. The van der Waals surface area contributed by atoms with Gasteiger partial charge in [0, 0.05) is 24.8 Å². The van der Waals surface area contributed by atoms with Crippen LogP contribution in [0.4, 0.5) is 5.82 Å². The number of aryl methyl sites for hydroxylation is 1. The lowest BCUT2D eigenvalue weighted by atomic mass is 10.3. The zero-order valence-electron chi connectivity index (χ0n) is 9.12. The lowest BCUT2D eigenvalue weighted by Gasteiger charge is -2.20. The van der Waals surface area contributed by atoms with E-state index < -0.39 is 0 Å². The third-order valence-electron chi connectivity index (χ3n) is 2.16. The molecule has 0 radical (unpaired) electrons. The normalized spacial score (nSPS) is 10.3. The van der Waals surface area contributed by atoms with E-state index in [0.717, 1.165) is 24.6 Å². The van der Waals surface area contributed by atoms with Crippen molar-refractivity contribution in [3.05, 3.63) is 17.6 Å². The van der Waals surface area contributed by atoms with Crippen molar-refractivity contribution in [2.75, 3.05) is 18.0 Å². The first kappa shape index (κ1) is 10.9. The van der Waals surface area contributed by atoms with Crippen molar-refractivity contribution in [1.82, 2.24) is 9.97 Å². The van der Waals surface area contributed by atoms with Gasteiger partial charge in [0.05, 0.1) is 6.54 Å². The maximum Gasteiger partial charge on any atom is 0.144 e. The van der Waals surface area contributed by atoms with Crippen LogP contribution in [0.5, 0.6) is 0 Å². The summed E-state index contributed by atoms with van der Waals surface area (Å²) in [5, 5.41) is 0. The Hall–Kier alpha value is -1.16. The lowest BCUT2D eigenvalue weighted by Crippen LogP contribution is -2.24. The average molecular weight is 194 g/mol. The van der Waals surface area contributed by atoms with E-state index >= 15 is 0 Å². The van der Waals surface area contributed by atoms with Crippen LogP contribution in [0.2, 0.25) is 0 Å². The topological polar surface area (TPSA) is 55.0 Å². The highest BCUT2D eigenvalue weighted by molar-refractivity contribution is 5.39. The second-order valence-electron chi connectivity index (χ2n) is 3.16. The molecule has 1 rings (SSSR count). The molecule has 0 saturated heterocycles. The molecule has 0 saturated carbocycles. The second-order valence-corrected chi connectivity index (χ2v) is 3.16. The molecule has 1 heterocycles. The van der Waals surface area contributed by atoms with Crippen molar-refractivity contribution < 1.29 is 0 Å². The molecule has 4 nitrogen and oxygen atoms in total. The fourth-order valence-electron chi connectivity index (χ4n) is 1.41. The van der Waals surface area contributed by atoms with Gasteiger partial charge in [0.1, 0.15) is 11.6 Å². The molecule has 1 aromatic heterocycles. The molecule has 4 heteroatoms. The predicted molar refractivity (Wildman–Crippen MR) is 58.2 cm³/mol. The first-order chi connectivity index (χ1) is 6.71. The van der Waals surface area contributed by atoms with Crippen molar-refractivity contribution >= 4 is 5.82 Å². The summed E-state index contributed by atoms with van der Waals surface area (Å²) in [4.78, 5) is 10.8.